The van der Waals surface area contributed by atoms with Gasteiger partial charge < -0.3 is 13.9 Å². The summed E-state index contributed by atoms with van der Waals surface area (Å²) in [4.78, 5) is 21.8. The van der Waals surface area contributed by atoms with Crippen LogP contribution in [0.1, 0.15) is 5.56 Å². The van der Waals surface area contributed by atoms with E-state index in [-0.39, 0.29) is 15.9 Å². The van der Waals surface area contributed by atoms with Gasteiger partial charge in [0.05, 0.1) is 17.3 Å². The van der Waals surface area contributed by atoms with Gasteiger partial charge in [-0.05, 0) is 42.9 Å². The Hall–Kier alpha value is -3.56. The highest BCUT2D eigenvalue weighted by atomic mass is 32.1. The maximum atomic E-state index is 13.1. The molecule has 3 heterocycles. The highest BCUT2D eigenvalue weighted by Crippen LogP contribution is 2.32. The summed E-state index contributed by atoms with van der Waals surface area (Å²) < 4.78 is 19.0. The summed E-state index contributed by atoms with van der Waals surface area (Å²) in [7, 11) is 1.49. The highest BCUT2D eigenvalue weighted by Gasteiger charge is 2.17. The predicted molar refractivity (Wildman–Crippen MR) is 121 cm³/mol. The second-order valence-electron chi connectivity index (χ2n) is 6.69. The number of aromatic nitrogens is 3. The first-order valence-electron chi connectivity index (χ1n) is 9.28. The monoisotopic (exact) mass is 449 g/mol. The van der Waals surface area contributed by atoms with Gasteiger partial charge in [-0.1, -0.05) is 29.5 Å². The summed E-state index contributed by atoms with van der Waals surface area (Å²) in [6, 6.07) is 15.0. The summed E-state index contributed by atoms with van der Waals surface area (Å²) in [6.45, 7) is 1.99. The van der Waals surface area contributed by atoms with Gasteiger partial charge in [0.2, 0.25) is 10.7 Å². The molecule has 0 N–H and O–H groups in total. The van der Waals surface area contributed by atoms with Gasteiger partial charge in [0, 0.05) is 18.3 Å². The van der Waals surface area contributed by atoms with Crippen LogP contribution < -0.4 is 15.0 Å². The number of pyridine rings is 1. The van der Waals surface area contributed by atoms with Crippen LogP contribution in [0.25, 0.3) is 26.4 Å². The molecule has 0 fully saturated rings. The van der Waals surface area contributed by atoms with Gasteiger partial charge in [-0.25, -0.2) is 14.5 Å². The van der Waals surface area contributed by atoms with Crippen molar-refractivity contribution in [2.24, 2.45) is 0 Å². The molecule has 0 saturated carbocycles. The molecule has 0 spiro atoms. The molecule has 0 aliphatic heterocycles. The summed E-state index contributed by atoms with van der Waals surface area (Å²) in [6.07, 6.45) is 1.49. The van der Waals surface area contributed by atoms with E-state index >= 15 is 0 Å². The third-order valence-corrected chi connectivity index (χ3v) is 6.00. The molecule has 0 saturated heterocycles. The molecule has 9 heteroatoms. The van der Waals surface area contributed by atoms with Gasteiger partial charge in [0.25, 0.3) is 10.4 Å². The topological polar surface area (TPSA) is 79.4 Å². The fourth-order valence-corrected chi connectivity index (χ4v) is 4.48. The van der Waals surface area contributed by atoms with Crippen LogP contribution in [0.5, 0.6) is 17.2 Å². The minimum atomic E-state index is -0.416. The number of para-hydroxylation sites is 1. The zero-order chi connectivity index (χ0) is 21.5. The minimum Gasteiger partial charge on any atom is -0.493 e. The number of benzene rings is 2. The number of methoxy groups -OCH3 is 1. The zero-order valence-electron chi connectivity index (χ0n) is 16.5. The number of thiazole rings is 1. The maximum Gasteiger partial charge on any atom is 0.290 e. The second kappa shape index (κ2) is 7.60. The Bertz CT molecular complexity index is 1570. The van der Waals surface area contributed by atoms with E-state index in [0.717, 1.165) is 21.5 Å². The fourth-order valence-electron chi connectivity index (χ4n) is 3.18. The van der Waals surface area contributed by atoms with E-state index in [2.05, 4.69) is 9.97 Å². The quantitative estimate of drug-likeness (QED) is 0.339. The number of nitrogens with zero attached hydrogens (tertiary/aromatic N) is 3. The summed E-state index contributed by atoms with van der Waals surface area (Å²) in [5.74, 6) is 1.85. The molecule has 7 nitrogen and oxygen atoms in total. The first-order chi connectivity index (χ1) is 15.0. The van der Waals surface area contributed by atoms with E-state index in [1.165, 1.54) is 29.2 Å². The van der Waals surface area contributed by atoms with Crippen molar-refractivity contribution in [3.05, 3.63) is 75.5 Å². The Morgan fingerprint density at radius 2 is 1.97 bits per heavy atom. The largest absolute Gasteiger partial charge is 0.493 e. The summed E-state index contributed by atoms with van der Waals surface area (Å²) in [5, 5.41) is 0.397. The first kappa shape index (κ1) is 19.4. The van der Waals surface area contributed by atoms with Gasteiger partial charge in [-0.2, -0.15) is 0 Å². The molecule has 31 heavy (non-hydrogen) atoms. The number of hydrogen-bond acceptors (Lipinski definition) is 8. The van der Waals surface area contributed by atoms with Crippen LogP contribution >= 0.6 is 23.6 Å². The Labute approximate surface area is 185 Å². The van der Waals surface area contributed by atoms with Crippen molar-refractivity contribution < 1.29 is 13.9 Å². The molecule has 3 aromatic heterocycles. The molecule has 0 radical (unpaired) electrons. The number of rotatable bonds is 4. The smallest absolute Gasteiger partial charge is 0.290 e. The Morgan fingerprint density at radius 3 is 2.77 bits per heavy atom. The maximum absolute atomic E-state index is 13.1. The van der Waals surface area contributed by atoms with Crippen molar-refractivity contribution in [3.63, 3.8) is 0 Å². The lowest BCUT2D eigenvalue weighted by Crippen LogP contribution is -2.20. The lowest BCUT2D eigenvalue weighted by molar-refractivity contribution is 0.404. The zero-order valence-corrected chi connectivity index (χ0v) is 18.1. The van der Waals surface area contributed by atoms with E-state index in [0.29, 0.717) is 16.6 Å². The van der Waals surface area contributed by atoms with E-state index in [1.807, 2.05) is 49.4 Å². The molecule has 5 rings (SSSR count). The second-order valence-corrected chi connectivity index (χ2v) is 8.05. The molecule has 0 aliphatic rings. The van der Waals surface area contributed by atoms with Crippen molar-refractivity contribution in [1.82, 2.24) is 14.5 Å². The summed E-state index contributed by atoms with van der Waals surface area (Å²) in [5.41, 5.74) is 1.68. The van der Waals surface area contributed by atoms with Crippen LogP contribution in [0, 0.1) is 11.8 Å². The van der Waals surface area contributed by atoms with Crippen molar-refractivity contribution in [2.75, 3.05) is 7.11 Å². The third-order valence-electron chi connectivity index (χ3n) is 4.73. The predicted octanol–water partition coefficient (Wildman–Crippen LogP) is 5.43. The molecule has 5 aromatic rings. The average molecular weight is 450 g/mol. The van der Waals surface area contributed by atoms with Crippen LogP contribution in [-0.2, 0) is 0 Å². The van der Waals surface area contributed by atoms with E-state index in [1.54, 1.807) is 6.07 Å². The number of ether oxygens (including phenoxy) is 2. The van der Waals surface area contributed by atoms with Crippen molar-refractivity contribution in [1.29, 1.82) is 0 Å². The number of aryl methyl sites for hydroxylation is 1. The van der Waals surface area contributed by atoms with Crippen molar-refractivity contribution in [3.8, 4) is 22.4 Å². The van der Waals surface area contributed by atoms with E-state index in [9.17, 15) is 4.79 Å². The first-order valence-corrected chi connectivity index (χ1v) is 10.5. The third kappa shape index (κ3) is 3.37. The average Bonchev–Trinajstić information content (AvgIpc) is 3.18. The molecule has 0 aliphatic carbocycles. The number of fused-ring (bicyclic) bond motifs is 2. The van der Waals surface area contributed by atoms with Gasteiger partial charge in [-0.15, -0.1) is 0 Å². The molecular weight excluding hydrogens is 434 g/mol. The molecule has 0 bridgehead atoms. The standard InChI is InChI=1S/C22H15N3O4S2/c1-12-5-3-4-6-15(12)28-13-7-8-14-17(11-13)31-21(24-14)25-20(26)18-19(29-22(25)30)16(27-2)9-10-23-18/h3-11H,1-2H3. The van der Waals surface area contributed by atoms with Gasteiger partial charge in [0.15, 0.2) is 11.3 Å². The van der Waals surface area contributed by atoms with Crippen molar-refractivity contribution in [2.45, 2.75) is 6.92 Å². The van der Waals surface area contributed by atoms with Crippen LogP contribution in [0.3, 0.4) is 0 Å². The Balaban J connectivity index is 1.61. The molecule has 2 aromatic carbocycles. The highest BCUT2D eigenvalue weighted by molar-refractivity contribution is 7.71. The minimum absolute atomic E-state index is 0.0285. The molecule has 0 atom stereocenters. The number of hydrogen-bond donors (Lipinski definition) is 0. The molecule has 0 unspecified atom stereocenters. The molecular formula is C22H15N3O4S2. The normalized spacial score (nSPS) is 11.2. The SMILES string of the molecule is COc1ccnc2c(=O)n(-c3nc4ccc(Oc5ccccc5C)cc4s3)c(=S)oc12. The van der Waals surface area contributed by atoms with Gasteiger partial charge in [0.1, 0.15) is 11.5 Å². The van der Waals surface area contributed by atoms with E-state index < -0.39 is 5.56 Å². The Morgan fingerprint density at radius 1 is 1.13 bits per heavy atom. The van der Waals surface area contributed by atoms with Crippen LogP contribution in [-0.4, -0.2) is 21.6 Å². The fraction of sp³-hybridized carbons (Fsp3) is 0.0909. The summed E-state index contributed by atoms with van der Waals surface area (Å²) >= 11 is 6.66. The van der Waals surface area contributed by atoms with Crippen LogP contribution in [0.2, 0.25) is 0 Å². The Kier molecular flexibility index (Phi) is 4.76. The van der Waals surface area contributed by atoms with Crippen molar-refractivity contribution >= 4 is 44.9 Å². The van der Waals surface area contributed by atoms with Gasteiger partial charge >= 0.3 is 0 Å². The lowest BCUT2D eigenvalue weighted by atomic mass is 10.2. The van der Waals surface area contributed by atoms with Crippen LogP contribution in [0.4, 0.5) is 0 Å². The van der Waals surface area contributed by atoms with Crippen LogP contribution in [0.15, 0.2) is 63.9 Å². The molecule has 154 valence electrons. The molecule has 0 amide bonds. The van der Waals surface area contributed by atoms with Gasteiger partial charge in [-0.3, -0.25) is 4.79 Å². The van der Waals surface area contributed by atoms with E-state index in [4.69, 9.17) is 26.1 Å². The lowest BCUT2D eigenvalue weighted by Gasteiger charge is -2.07.